The number of rotatable bonds is 8. The highest BCUT2D eigenvalue weighted by Gasteiger charge is 2.24. The van der Waals surface area contributed by atoms with Crippen LogP contribution in [-0.2, 0) is 0 Å². The monoisotopic (exact) mass is 444 g/mol. The van der Waals surface area contributed by atoms with Crippen LogP contribution in [0.3, 0.4) is 0 Å². The van der Waals surface area contributed by atoms with E-state index in [9.17, 15) is 14.0 Å². The van der Waals surface area contributed by atoms with Gasteiger partial charge in [0.25, 0.3) is 5.91 Å². The molecular formula is C24H29FN2O5. The predicted octanol–water partition coefficient (Wildman–Crippen LogP) is 3.27. The third-order valence-corrected chi connectivity index (χ3v) is 5.59. The molecule has 2 aromatic carbocycles. The van der Waals surface area contributed by atoms with E-state index in [0.29, 0.717) is 61.0 Å². The van der Waals surface area contributed by atoms with Crippen molar-refractivity contribution in [1.29, 1.82) is 0 Å². The molecule has 0 spiro atoms. The number of amides is 1. The SMILES string of the molecule is COc1cc(C(=O)N2CCCN(CCC(=O)c3cccc(F)c3)CC2)cc(OC)c1OC. The number of ether oxygens (including phenoxy) is 3. The first-order chi connectivity index (χ1) is 15.5. The lowest BCUT2D eigenvalue weighted by molar-refractivity contribution is 0.0758. The number of halogens is 1. The third kappa shape index (κ3) is 5.56. The van der Waals surface area contributed by atoms with Gasteiger partial charge in [0.05, 0.1) is 21.3 Å². The Morgan fingerprint density at radius 2 is 1.62 bits per heavy atom. The van der Waals surface area contributed by atoms with Crippen molar-refractivity contribution in [2.75, 3.05) is 54.1 Å². The van der Waals surface area contributed by atoms with Crippen molar-refractivity contribution in [3.8, 4) is 17.2 Å². The van der Waals surface area contributed by atoms with Crippen LogP contribution in [0.2, 0.25) is 0 Å². The summed E-state index contributed by atoms with van der Waals surface area (Å²) in [5, 5.41) is 0. The highest BCUT2D eigenvalue weighted by Crippen LogP contribution is 2.38. The van der Waals surface area contributed by atoms with Crippen molar-refractivity contribution in [1.82, 2.24) is 9.80 Å². The minimum absolute atomic E-state index is 0.0842. The molecule has 0 radical (unpaired) electrons. The zero-order valence-electron chi connectivity index (χ0n) is 18.7. The van der Waals surface area contributed by atoms with E-state index in [1.807, 2.05) is 0 Å². The topological polar surface area (TPSA) is 68.3 Å². The molecule has 0 aliphatic carbocycles. The Balaban J connectivity index is 1.61. The first-order valence-corrected chi connectivity index (χ1v) is 10.6. The van der Waals surface area contributed by atoms with Crippen LogP contribution < -0.4 is 14.2 Å². The Morgan fingerprint density at radius 3 is 2.25 bits per heavy atom. The second-order valence-corrected chi connectivity index (χ2v) is 7.58. The van der Waals surface area contributed by atoms with Gasteiger partial charge in [-0.1, -0.05) is 12.1 Å². The predicted molar refractivity (Wildman–Crippen MR) is 118 cm³/mol. The van der Waals surface area contributed by atoms with Crippen molar-refractivity contribution >= 4 is 11.7 Å². The van der Waals surface area contributed by atoms with Gasteiger partial charge in [-0.25, -0.2) is 4.39 Å². The minimum Gasteiger partial charge on any atom is -0.493 e. The molecule has 0 N–H and O–H groups in total. The zero-order valence-corrected chi connectivity index (χ0v) is 18.7. The summed E-state index contributed by atoms with van der Waals surface area (Å²) in [7, 11) is 4.55. The highest BCUT2D eigenvalue weighted by molar-refractivity contribution is 5.96. The molecule has 0 saturated carbocycles. The molecule has 0 atom stereocenters. The lowest BCUT2D eigenvalue weighted by atomic mass is 10.1. The summed E-state index contributed by atoms with van der Waals surface area (Å²) in [6.45, 7) is 3.18. The largest absolute Gasteiger partial charge is 0.493 e. The number of carbonyl (C=O) groups excluding carboxylic acids is 2. The number of ketones is 1. The molecule has 3 rings (SSSR count). The van der Waals surface area contributed by atoms with Crippen molar-refractivity contribution in [3.63, 3.8) is 0 Å². The molecule has 2 aromatic rings. The van der Waals surface area contributed by atoms with Crippen LogP contribution in [0, 0.1) is 5.82 Å². The van der Waals surface area contributed by atoms with E-state index in [0.717, 1.165) is 13.0 Å². The smallest absolute Gasteiger partial charge is 0.254 e. The quantitative estimate of drug-likeness (QED) is 0.582. The minimum atomic E-state index is -0.411. The molecule has 0 aromatic heterocycles. The lowest BCUT2D eigenvalue weighted by Crippen LogP contribution is -2.35. The van der Waals surface area contributed by atoms with E-state index in [1.54, 1.807) is 29.2 Å². The summed E-state index contributed by atoms with van der Waals surface area (Å²) in [5.41, 5.74) is 0.855. The molecule has 0 unspecified atom stereocenters. The van der Waals surface area contributed by atoms with E-state index in [-0.39, 0.29) is 11.7 Å². The van der Waals surface area contributed by atoms with Crippen LogP contribution in [0.25, 0.3) is 0 Å². The second kappa shape index (κ2) is 10.9. The van der Waals surface area contributed by atoms with Gasteiger partial charge in [0.1, 0.15) is 5.82 Å². The van der Waals surface area contributed by atoms with Gasteiger partial charge in [-0.3, -0.25) is 9.59 Å². The molecule has 1 amide bonds. The number of Topliss-reactive ketones (excluding diaryl/α,β-unsaturated/α-hetero) is 1. The number of methoxy groups -OCH3 is 3. The number of hydrogen-bond acceptors (Lipinski definition) is 6. The normalized spacial score (nSPS) is 14.6. The lowest BCUT2D eigenvalue weighted by Gasteiger charge is -2.23. The maximum Gasteiger partial charge on any atom is 0.254 e. The molecule has 1 saturated heterocycles. The average Bonchev–Trinajstić information content (AvgIpc) is 3.06. The molecule has 172 valence electrons. The third-order valence-electron chi connectivity index (χ3n) is 5.59. The number of hydrogen-bond donors (Lipinski definition) is 0. The van der Waals surface area contributed by atoms with Crippen molar-refractivity contribution in [3.05, 3.63) is 53.3 Å². The van der Waals surface area contributed by atoms with Crippen molar-refractivity contribution < 1.29 is 28.2 Å². The summed E-state index contributed by atoms with van der Waals surface area (Å²) in [5.74, 6) is 0.703. The standard InChI is InChI=1S/C24H29FN2O5/c1-30-21-15-18(16-22(31-2)23(21)32-3)24(29)27-10-5-9-26(12-13-27)11-8-20(28)17-6-4-7-19(25)14-17/h4,6-7,14-16H,5,8-13H2,1-3H3. The average molecular weight is 445 g/mol. The fourth-order valence-electron chi connectivity index (χ4n) is 3.85. The molecule has 1 heterocycles. The van der Waals surface area contributed by atoms with E-state index >= 15 is 0 Å². The van der Waals surface area contributed by atoms with Crippen LogP contribution in [0.4, 0.5) is 4.39 Å². The zero-order chi connectivity index (χ0) is 23.1. The molecule has 7 nitrogen and oxygen atoms in total. The Kier molecular flexibility index (Phi) is 8.05. The van der Waals surface area contributed by atoms with Gasteiger partial charge in [0.2, 0.25) is 5.75 Å². The first kappa shape index (κ1) is 23.5. The molecule has 8 heteroatoms. The Morgan fingerprint density at radius 1 is 0.906 bits per heavy atom. The van der Waals surface area contributed by atoms with Gasteiger partial charge in [-0.2, -0.15) is 0 Å². The number of nitrogens with zero attached hydrogens (tertiary/aromatic N) is 2. The van der Waals surface area contributed by atoms with Crippen LogP contribution in [0.5, 0.6) is 17.2 Å². The molecule has 0 bridgehead atoms. The fourth-order valence-corrected chi connectivity index (χ4v) is 3.85. The molecule has 1 fully saturated rings. The second-order valence-electron chi connectivity index (χ2n) is 7.58. The van der Waals surface area contributed by atoms with E-state index in [4.69, 9.17) is 14.2 Å². The maximum atomic E-state index is 13.3. The maximum absolute atomic E-state index is 13.3. The van der Waals surface area contributed by atoms with E-state index in [1.165, 1.54) is 33.5 Å². The van der Waals surface area contributed by atoms with Crippen molar-refractivity contribution in [2.24, 2.45) is 0 Å². The highest BCUT2D eigenvalue weighted by atomic mass is 19.1. The number of carbonyl (C=O) groups is 2. The van der Waals surface area contributed by atoms with Crippen LogP contribution >= 0.6 is 0 Å². The Labute approximate surface area is 187 Å². The van der Waals surface area contributed by atoms with Crippen LogP contribution in [0.1, 0.15) is 33.6 Å². The van der Waals surface area contributed by atoms with E-state index < -0.39 is 5.82 Å². The Hall–Kier alpha value is -3.13. The number of benzene rings is 2. The Bertz CT molecular complexity index is 940. The van der Waals surface area contributed by atoms with Gasteiger partial charge in [0, 0.05) is 43.7 Å². The summed E-state index contributed by atoms with van der Waals surface area (Å²) in [4.78, 5) is 29.5. The van der Waals surface area contributed by atoms with Gasteiger partial charge in [-0.05, 0) is 37.2 Å². The van der Waals surface area contributed by atoms with Gasteiger partial charge >= 0.3 is 0 Å². The summed E-state index contributed by atoms with van der Waals surface area (Å²) >= 11 is 0. The molecule has 32 heavy (non-hydrogen) atoms. The van der Waals surface area contributed by atoms with Crippen LogP contribution in [-0.4, -0.2) is 75.5 Å². The molecular weight excluding hydrogens is 415 g/mol. The first-order valence-electron chi connectivity index (χ1n) is 10.6. The summed E-state index contributed by atoms with van der Waals surface area (Å²) < 4.78 is 29.4. The van der Waals surface area contributed by atoms with Gasteiger partial charge in [0.15, 0.2) is 17.3 Å². The van der Waals surface area contributed by atoms with Gasteiger partial charge < -0.3 is 24.0 Å². The fraction of sp³-hybridized carbons (Fsp3) is 0.417. The molecule has 1 aliphatic rings. The van der Waals surface area contributed by atoms with Gasteiger partial charge in [-0.15, -0.1) is 0 Å². The molecule has 1 aliphatic heterocycles. The summed E-state index contributed by atoms with van der Waals surface area (Å²) in [6.07, 6.45) is 1.11. The summed E-state index contributed by atoms with van der Waals surface area (Å²) in [6, 6.07) is 9.08. The van der Waals surface area contributed by atoms with Crippen LogP contribution in [0.15, 0.2) is 36.4 Å². The van der Waals surface area contributed by atoms with E-state index in [2.05, 4.69) is 4.90 Å². The van der Waals surface area contributed by atoms with Crippen molar-refractivity contribution in [2.45, 2.75) is 12.8 Å².